The summed E-state index contributed by atoms with van der Waals surface area (Å²) in [4.78, 5) is 0. The largest absolute Gasteiger partial charge is 0.508 e. The predicted octanol–water partition coefficient (Wildman–Crippen LogP) is 1.51. The maximum absolute atomic E-state index is 9.07. The normalized spacial score (nSPS) is 17.8. The number of phenols is 1. The molecule has 0 aliphatic heterocycles. The first-order chi connectivity index (χ1) is 6.74. The molecule has 0 spiro atoms. The summed E-state index contributed by atoms with van der Waals surface area (Å²) in [5.41, 5.74) is 5.87. The molecule has 0 unspecified atom stereocenters. The summed E-state index contributed by atoms with van der Waals surface area (Å²) in [6.07, 6.45) is 2.34. The van der Waals surface area contributed by atoms with E-state index in [0.717, 1.165) is 5.75 Å². The Hall–Kier alpha value is -1.22. The van der Waals surface area contributed by atoms with Gasteiger partial charge in [0.05, 0.1) is 6.61 Å². The Kier molecular flexibility index (Phi) is 2.33. The monoisotopic (exact) mass is 193 g/mol. The van der Waals surface area contributed by atoms with Crippen molar-refractivity contribution in [1.82, 2.24) is 0 Å². The molecule has 0 saturated heterocycles. The third-order valence-corrected chi connectivity index (χ3v) is 2.77. The summed E-state index contributed by atoms with van der Waals surface area (Å²) < 4.78 is 5.59. The SMILES string of the molecule is NCC1(COc2ccc(O)cc2)CC1. The molecule has 76 valence electrons. The van der Waals surface area contributed by atoms with Crippen LogP contribution in [0.2, 0.25) is 0 Å². The Morgan fingerprint density at radius 2 is 1.93 bits per heavy atom. The Morgan fingerprint density at radius 1 is 1.29 bits per heavy atom. The van der Waals surface area contributed by atoms with Gasteiger partial charge in [0.25, 0.3) is 0 Å². The molecule has 0 atom stereocenters. The van der Waals surface area contributed by atoms with Crippen LogP contribution in [-0.4, -0.2) is 18.3 Å². The van der Waals surface area contributed by atoms with Crippen molar-refractivity contribution in [2.24, 2.45) is 11.1 Å². The first-order valence-corrected chi connectivity index (χ1v) is 4.86. The zero-order valence-electron chi connectivity index (χ0n) is 8.07. The lowest BCUT2D eigenvalue weighted by Crippen LogP contribution is -2.22. The van der Waals surface area contributed by atoms with E-state index in [9.17, 15) is 0 Å². The van der Waals surface area contributed by atoms with E-state index in [0.29, 0.717) is 13.2 Å². The third-order valence-electron chi connectivity index (χ3n) is 2.77. The molecule has 2 rings (SSSR count). The summed E-state index contributed by atoms with van der Waals surface area (Å²) in [6.45, 7) is 1.39. The van der Waals surface area contributed by atoms with Gasteiger partial charge >= 0.3 is 0 Å². The van der Waals surface area contributed by atoms with Crippen LogP contribution in [0, 0.1) is 5.41 Å². The van der Waals surface area contributed by atoms with Crippen molar-refractivity contribution in [3.63, 3.8) is 0 Å². The van der Waals surface area contributed by atoms with Crippen LogP contribution in [0.25, 0.3) is 0 Å². The van der Waals surface area contributed by atoms with Gasteiger partial charge in [-0.15, -0.1) is 0 Å². The Balaban J connectivity index is 1.89. The Bertz CT molecular complexity index is 304. The second-order valence-corrected chi connectivity index (χ2v) is 3.99. The quantitative estimate of drug-likeness (QED) is 0.762. The number of rotatable bonds is 4. The van der Waals surface area contributed by atoms with Gasteiger partial charge in [0.1, 0.15) is 11.5 Å². The maximum Gasteiger partial charge on any atom is 0.119 e. The molecule has 3 N–H and O–H groups in total. The van der Waals surface area contributed by atoms with E-state index in [-0.39, 0.29) is 11.2 Å². The molecule has 1 aromatic rings. The van der Waals surface area contributed by atoms with Crippen LogP contribution < -0.4 is 10.5 Å². The molecule has 0 aromatic heterocycles. The average molecular weight is 193 g/mol. The van der Waals surface area contributed by atoms with E-state index in [1.54, 1.807) is 24.3 Å². The van der Waals surface area contributed by atoms with Crippen molar-refractivity contribution in [3.8, 4) is 11.5 Å². The zero-order chi connectivity index (χ0) is 10.0. The molecule has 0 amide bonds. The van der Waals surface area contributed by atoms with Gasteiger partial charge in [-0.3, -0.25) is 0 Å². The van der Waals surface area contributed by atoms with Gasteiger partial charge in [0.15, 0.2) is 0 Å². The number of nitrogens with two attached hydrogens (primary N) is 1. The van der Waals surface area contributed by atoms with Crippen LogP contribution in [0.1, 0.15) is 12.8 Å². The Morgan fingerprint density at radius 3 is 2.43 bits per heavy atom. The van der Waals surface area contributed by atoms with Crippen LogP contribution in [0.3, 0.4) is 0 Å². The molecule has 0 radical (unpaired) electrons. The summed E-state index contributed by atoms with van der Waals surface area (Å²) in [7, 11) is 0. The molecule has 0 heterocycles. The van der Waals surface area contributed by atoms with Crippen LogP contribution in [0.4, 0.5) is 0 Å². The van der Waals surface area contributed by atoms with Crippen molar-refractivity contribution in [3.05, 3.63) is 24.3 Å². The number of aromatic hydroxyl groups is 1. The highest BCUT2D eigenvalue weighted by Crippen LogP contribution is 2.44. The van der Waals surface area contributed by atoms with Gasteiger partial charge < -0.3 is 15.6 Å². The first kappa shape index (κ1) is 9.34. The highest BCUT2D eigenvalue weighted by molar-refractivity contribution is 5.30. The second-order valence-electron chi connectivity index (χ2n) is 3.99. The molecule has 0 bridgehead atoms. The minimum Gasteiger partial charge on any atom is -0.508 e. The number of benzene rings is 1. The molecule has 1 aliphatic carbocycles. The van der Waals surface area contributed by atoms with Gasteiger partial charge in [0.2, 0.25) is 0 Å². The molecular formula is C11H15NO2. The number of hydrogen-bond donors (Lipinski definition) is 2. The zero-order valence-corrected chi connectivity index (χ0v) is 8.07. The second kappa shape index (κ2) is 3.50. The van der Waals surface area contributed by atoms with E-state index in [1.807, 2.05) is 0 Å². The summed E-state index contributed by atoms with van der Waals surface area (Å²) in [6, 6.07) is 6.78. The van der Waals surface area contributed by atoms with Gasteiger partial charge in [-0.05, 0) is 37.1 Å². The number of phenolic OH excluding ortho intramolecular Hbond substituents is 1. The number of ether oxygens (including phenoxy) is 1. The lowest BCUT2D eigenvalue weighted by molar-refractivity contribution is 0.238. The standard InChI is InChI=1S/C11H15NO2/c12-7-11(5-6-11)8-14-10-3-1-9(13)2-4-10/h1-4,13H,5-8,12H2. The number of hydrogen-bond acceptors (Lipinski definition) is 3. The fourth-order valence-corrected chi connectivity index (χ4v) is 1.36. The highest BCUT2D eigenvalue weighted by atomic mass is 16.5. The average Bonchev–Trinajstić information content (AvgIpc) is 2.98. The minimum absolute atomic E-state index is 0.234. The lowest BCUT2D eigenvalue weighted by Gasteiger charge is -2.13. The molecule has 14 heavy (non-hydrogen) atoms. The van der Waals surface area contributed by atoms with Crippen molar-refractivity contribution in [2.45, 2.75) is 12.8 Å². The van der Waals surface area contributed by atoms with E-state index in [4.69, 9.17) is 15.6 Å². The van der Waals surface area contributed by atoms with E-state index >= 15 is 0 Å². The van der Waals surface area contributed by atoms with Gasteiger partial charge in [-0.25, -0.2) is 0 Å². The summed E-state index contributed by atoms with van der Waals surface area (Å²) >= 11 is 0. The van der Waals surface area contributed by atoms with Gasteiger partial charge in [-0.2, -0.15) is 0 Å². The first-order valence-electron chi connectivity index (χ1n) is 4.86. The molecule has 1 aliphatic rings. The summed E-state index contributed by atoms with van der Waals surface area (Å²) in [5.74, 6) is 1.06. The minimum atomic E-state index is 0.234. The molecule has 3 nitrogen and oxygen atoms in total. The van der Waals surface area contributed by atoms with Crippen molar-refractivity contribution in [2.75, 3.05) is 13.2 Å². The fourth-order valence-electron chi connectivity index (χ4n) is 1.36. The molecule has 3 heteroatoms. The predicted molar refractivity (Wildman–Crippen MR) is 54.3 cm³/mol. The Labute approximate surface area is 83.5 Å². The van der Waals surface area contributed by atoms with Crippen LogP contribution >= 0.6 is 0 Å². The smallest absolute Gasteiger partial charge is 0.119 e. The highest BCUT2D eigenvalue weighted by Gasteiger charge is 2.42. The van der Waals surface area contributed by atoms with Crippen LogP contribution in [0.5, 0.6) is 11.5 Å². The lowest BCUT2D eigenvalue weighted by atomic mass is 10.1. The molecule has 1 fully saturated rings. The van der Waals surface area contributed by atoms with E-state index in [2.05, 4.69) is 0 Å². The van der Waals surface area contributed by atoms with Crippen molar-refractivity contribution < 1.29 is 9.84 Å². The van der Waals surface area contributed by atoms with Crippen LogP contribution in [-0.2, 0) is 0 Å². The van der Waals surface area contributed by atoms with E-state index < -0.39 is 0 Å². The maximum atomic E-state index is 9.07. The van der Waals surface area contributed by atoms with Crippen molar-refractivity contribution in [1.29, 1.82) is 0 Å². The molecule has 1 saturated carbocycles. The van der Waals surface area contributed by atoms with Crippen molar-refractivity contribution >= 4 is 0 Å². The van der Waals surface area contributed by atoms with E-state index in [1.165, 1.54) is 12.8 Å². The fraction of sp³-hybridized carbons (Fsp3) is 0.455. The van der Waals surface area contributed by atoms with Crippen LogP contribution in [0.15, 0.2) is 24.3 Å². The molecule has 1 aromatic carbocycles. The third kappa shape index (κ3) is 1.99. The van der Waals surface area contributed by atoms with Gasteiger partial charge in [0, 0.05) is 12.0 Å². The topological polar surface area (TPSA) is 55.5 Å². The summed E-state index contributed by atoms with van der Waals surface area (Å²) in [5, 5.41) is 9.07. The molecular weight excluding hydrogens is 178 g/mol. The van der Waals surface area contributed by atoms with Gasteiger partial charge in [-0.1, -0.05) is 0 Å².